The highest BCUT2D eigenvalue weighted by molar-refractivity contribution is 6.30. The minimum atomic E-state index is 0.409. The molecule has 2 rings (SSSR count). The summed E-state index contributed by atoms with van der Waals surface area (Å²) in [6, 6.07) is 8.31. The first-order valence-electron chi connectivity index (χ1n) is 7.84. The van der Waals surface area contributed by atoms with Crippen molar-refractivity contribution in [2.45, 2.75) is 46.5 Å². The van der Waals surface area contributed by atoms with E-state index >= 15 is 0 Å². The number of rotatable bonds is 3. The van der Waals surface area contributed by atoms with Crippen LogP contribution in [0.2, 0.25) is 5.02 Å². The summed E-state index contributed by atoms with van der Waals surface area (Å²) in [4.78, 5) is 0. The number of halogens is 1. The van der Waals surface area contributed by atoms with Crippen LogP contribution in [0.25, 0.3) is 0 Å². The van der Waals surface area contributed by atoms with E-state index in [4.69, 9.17) is 17.3 Å². The normalized spacial score (nSPS) is 27.6. The molecule has 1 aliphatic carbocycles. The first-order valence-corrected chi connectivity index (χ1v) is 8.22. The Balaban J connectivity index is 2.09. The van der Waals surface area contributed by atoms with E-state index < -0.39 is 0 Å². The Bertz CT molecular complexity index is 435. The van der Waals surface area contributed by atoms with E-state index in [2.05, 4.69) is 39.0 Å². The zero-order chi connectivity index (χ0) is 14.8. The third-order valence-electron chi connectivity index (χ3n) is 5.05. The third kappa shape index (κ3) is 3.99. The van der Waals surface area contributed by atoms with Gasteiger partial charge in [-0.05, 0) is 73.1 Å². The number of nitrogens with two attached hydrogens (primary N) is 1. The molecule has 0 aliphatic heterocycles. The first-order chi connectivity index (χ1) is 9.40. The van der Waals surface area contributed by atoms with Gasteiger partial charge < -0.3 is 5.73 Å². The van der Waals surface area contributed by atoms with Crippen molar-refractivity contribution >= 4 is 11.6 Å². The molecule has 0 saturated heterocycles. The van der Waals surface area contributed by atoms with E-state index in [0.717, 1.165) is 23.9 Å². The molecule has 1 nitrogen and oxygen atoms in total. The molecule has 1 aromatic rings. The monoisotopic (exact) mass is 293 g/mol. The van der Waals surface area contributed by atoms with Gasteiger partial charge in [-0.15, -0.1) is 0 Å². The lowest BCUT2D eigenvalue weighted by Crippen LogP contribution is -2.36. The number of hydrogen-bond acceptors (Lipinski definition) is 1. The van der Waals surface area contributed by atoms with Crippen molar-refractivity contribution in [3.8, 4) is 0 Å². The highest BCUT2D eigenvalue weighted by Gasteiger charge is 2.35. The summed E-state index contributed by atoms with van der Waals surface area (Å²) in [5.74, 6) is 2.19. The van der Waals surface area contributed by atoms with Crippen molar-refractivity contribution in [2.75, 3.05) is 6.54 Å². The van der Waals surface area contributed by atoms with Gasteiger partial charge in [-0.25, -0.2) is 0 Å². The summed E-state index contributed by atoms with van der Waals surface area (Å²) < 4.78 is 0. The summed E-state index contributed by atoms with van der Waals surface area (Å²) >= 11 is 6.11. The fourth-order valence-electron chi connectivity index (χ4n) is 3.64. The molecule has 0 aromatic heterocycles. The Hall–Kier alpha value is -0.530. The molecule has 20 heavy (non-hydrogen) atoms. The number of benzene rings is 1. The van der Waals surface area contributed by atoms with E-state index in [1.807, 2.05) is 6.07 Å². The zero-order valence-electron chi connectivity index (χ0n) is 13.0. The Morgan fingerprint density at radius 3 is 2.55 bits per heavy atom. The quantitative estimate of drug-likeness (QED) is 0.841. The third-order valence-corrected chi connectivity index (χ3v) is 5.29. The molecular weight excluding hydrogens is 266 g/mol. The lowest BCUT2D eigenvalue weighted by Gasteiger charge is -2.41. The zero-order valence-corrected chi connectivity index (χ0v) is 13.8. The van der Waals surface area contributed by atoms with Crippen molar-refractivity contribution in [3.05, 3.63) is 34.9 Å². The van der Waals surface area contributed by atoms with Crippen LogP contribution in [-0.4, -0.2) is 6.54 Å². The summed E-state index contributed by atoms with van der Waals surface area (Å²) in [6.07, 6.45) is 5.04. The van der Waals surface area contributed by atoms with Crippen LogP contribution in [0, 0.1) is 23.2 Å². The smallest absolute Gasteiger partial charge is 0.0408 e. The molecule has 0 heterocycles. The Kier molecular flexibility index (Phi) is 5.14. The van der Waals surface area contributed by atoms with Gasteiger partial charge in [0, 0.05) is 5.02 Å². The largest absolute Gasteiger partial charge is 0.330 e. The highest BCUT2D eigenvalue weighted by Crippen LogP contribution is 2.43. The van der Waals surface area contributed by atoms with Gasteiger partial charge in [0.15, 0.2) is 0 Å². The van der Waals surface area contributed by atoms with Crippen molar-refractivity contribution in [3.63, 3.8) is 0 Å². The molecule has 1 saturated carbocycles. The van der Waals surface area contributed by atoms with Gasteiger partial charge >= 0.3 is 0 Å². The molecule has 0 spiro atoms. The van der Waals surface area contributed by atoms with Gasteiger partial charge in [-0.2, -0.15) is 0 Å². The molecule has 1 aromatic carbocycles. The molecule has 2 heteroatoms. The summed E-state index contributed by atoms with van der Waals surface area (Å²) in [6.45, 7) is 7.94. The predicted octanol–water partition coefficient (Wildman–Crippen LogP) is 4.92. The van der Waals surface area contributed by atoms with Crippen LogP contribution in [0.1, 0.15) is 45.6 Å². The van der Waals surface area contributed by atoms with Crippen LogP contribution in [0.3, 0.4) is 0 Å². The minimum absolute atomic E-state index is 0.409. The van der Waals surface area contributed by atoms with Crippen molar-refractivity contribution in [1.82, 2.24) is 0 Å². The van der Waals surface area contributed by atoms with Crippen molar-refractivity contribution in [2.24, 2.45) is 28.9 Å². The topological polar surface area (TPSA) is 26.0 Å². The van der Waals surface area contributed by atoms with Crippen LogP contribution in [0.5, 0.6) is 0 Å². The second kappa shape index (κ2) is 6.49. The van der Waals surface area contributed by atoms with Crippen LogP contribution < -0.4 is 5.73 Å². The minimum Gasteiger partial charge on any atom is -0.330 e. The number of hydrogen-bond donors (Lipinski definition) is 1. The Labute approximate surface area is 128 Å². The van der Waals surface area contributed by atoms with Crippen LogP contribution in [0.15, 0.2) is 24.3 Å². The molecule has 0 bridgehead atoms. The summed E-state index contributed by atoms with van der Waals surface area (Å²) in [5.41, 5.74) is 7.77. The van der Waals surface area contributed by atoms with Gasteiger partial charge in [0.05, 0.1) is 0 Å². The molecular formula is C18H28ClN. The molecule has 2 N–H and O–H groups in total. The SMILES string of the molecule is CC(C)(C)C1CCC(CN)C(Cc2cccc(Cl)c2)C1. The second-order valence-electron chi connectivity index (χ2n) is 7.47. The van der Waals surface area contributed by atoms with Crippen LogP contribution in [-0.2, 0) is 6.42 Å². The standard InChI is InChI=1S/C18H28ClN/c1-18(2,3)16-8-7-14(12-20)15(11-16)9-13-5-4-6-17(19)10-13/h4-6,10,14-16H,7-9,11-12,20H2,1-3H3. The van der Waals surface area contributed by atoms with E-state index in [0.29, 0.717) is 17.3 Å². The maximum absolute atomic E-state index is 6.11. The first kappa shape index (κ1) is 15.9. The fraction of sp³-hybridized carbons (Fsp3) is 0.667. The molecule has 1 aliphatic rings. The van der Waals surface area contributed by atoms with Crippen LogP contribution in [0.4, 0.5) is 0 Å². The van der Waals surface area contributed by atoms with E-state index in [1.165, 1.54) is 24.8 Å². The predicted molar refractivity (Wildman–Crippen MR) is 88.0 cm³/mol. The average Bonchev–Trinajstić information content (AvgIpc) is 2.37. The highest BCUT2D eigenvalue weighted by atomic mass is 35.5. The lowest BCUT2D eigenvalue weighted by molar-refractivity contribution is 0.101. The van der Waals surface area contributed by atoms with Crippen LogP contribution >= 0.6 is 11.6 Å². The molecule has 3 atom stereocenters. The van der Waals surface area contributed by atoms with Gasteiger partial charge in [0.2, 0.25) is 0 Å². The van der Waals surface area contributed by atoms with E-state index in [1.54, 1.807) is 0 Å². The second-order valence-corrected chi connectivity index (χ2v) is 7.90. The van der Waals surface area contributed by atoms with E-state index in [9.17, 15) is 0 Å². The van der Waals surface area contributed by atoms with Gasteiger partial charge in [0.25, 0.3) is 0 Å². The summed E-state index contributed by atoms with van der Waals surface area (Å²) in [5, 5.41) is 0.843. The van der Waals surface area contributed by atoms with Gasteiger partial charge in [-0.3, -0.25) is 0 Å². The maximum atomic E-state index is 6.11. The molecule has 112 valence electrons. The maximum Gasteiger partial charge on any atom is 0.0408 e. The van der Waals surface area contributed by atoms with Crippen molar-refractivity contribution in [1.29, 1.82) is 0 Å². The fourth-order valence-corrected chi connectivity index (χ4v) is 3.85. The molecule has 1 fully saturated rings. The van der Waals surface area contributed by atoms with Gasteiger partial charge in [0.1, 0.15) is 0 Å². The van der Waals surface area contributed by atoms with E-state index in [-0.39, 0.29) is 0 Å². The van der Waals surface area contributed by atoms with Crippen molar-refractivity contribution < 1.29 is 0 Å². The molecule has 0 radical (unpaired) electrons. The Morgan fingerprint density at radius 1 is 1.20 bits per heavy atom. The lowest BCUT2D eigenvalue weighted by atomic mass is 9.64. The Morgan fingerprint density at radius 2 is 1.95 bits per heavy atom. The molecule has 0 amide bonds. The van der Waals surface area contributed by atoms with Gasteiger partial charge in [-0.1, -0.05) is 44.5 Å². The average molecular weight is 294 g/mol. The summed E-state index contributed by atoms with van der Waals surface area (Å²) in [7, 11) is 0. The molecule has 3 unspecified atom stereocenters.